The van der Waals surface area contributed by atoms with Gasteiger partial charge in [-0.3, -0.25) is 4.79 Å². The van der Waals surface area contributed by atoms with Gasteiger partial charge in [-0.05, 0) is 61.7 Å². The largest absolute Gasteiger partial charge is 0.494 e. The van der Waals surface area contributed by atoms with Crippen LogP contribution in [-0.4, -0.2) is 31.9 Å². The van der Waals surface area contributed by atoms with E-state index in [2.05, 4.69) is 10.5 Å². The highest BCUT2D eigenvalue weighted by molar-refractivity contribution is 6.32. The molecule has 0 atom stereocenters. The molecule has 0 aliphatic heterocycles. The van der Waals surface area contributed by atoms with Gasteiger partial charge >= 0.3 is 0 Å². The SMILES string of the molecule is CCCOc1ccc(C(=O)N/N=C\c2cc(Cl)c(OCCC)c(OCC)c2)cc1. The molecule has 0 bridgehead atoms. The fourth-order valence-corrected chi connectivity index (χ4v) is 2.70. The third-order valence-corrected chi connectivity index (χ3v) is 4.03. The van der Waals surface area contributed by atoms with E-state index in [-0.39, 0.29) is 5.91 Å². The van der Waals surface area contributed by atoms with Crippen molar-refractivity contribution in [2.24, 2.45) is 5.10 Å². The van der Waals surface area contributed by atoms with Gasteiger partial charge < -0.3 is 14.2 Å². The summed E-state index contributed by atoms with van der Waals surface area (Å²) in [5, 5.41) is 4.44. The summed E-state index contributed by atoms with van der Waals surface area (Å²) in [4.78, 5) is 12.2. The van der Waals surface area contributed by atoms with Gasteiger partial charge in [0.2, 0.25) is 0 Å². The molecule has 2 aromatic carbocycles. The molecule has 0 spiro atoms. The summed E-state index contributed by atoms with van der Waals surface area (Å²) in [6, 6.07) is 10.4. The highest BCUT2D eigenvalue weighted by Gasteiger charge is 2.12. The van der Waals surface area contributed by atoms with Gasteiger partial charge in [-0.1, -0.05) is 25.4 Å². The molecule has 0 saturated heterocycles. The Bertz CT molecular complexity index is 822. The molecule has 0 radical (unpaired) electrons. The Balaban J connectivity index is 2.04. The molecule has 156 valence electrons. The Hall–Kier alpha value is -2.73. The number of rotatable bonds is 11. The van der Waals surface area contributed by atoms with Crippen LogP contribution in [0.5, 0.6) is 17.2 Å². The second kappa shape index (κ2) is 12.0. The maximum Gasteiger partial charge on any atom is 0.271 e. The van der Waals surface area contributed by atoms with Crippen molar-refractivity contribution in [1.29, 1.82) is 0 Å². The van der Waals surface area contributed by atoms with Crippen LogP contribution in [0.2, 0.25) is 5.02 Å². The molecule has 0 unspecified atom stereocenters. The van der Waals surface area contributed by atoms with Gasteiger partial charge in [0, 0.05) is 5.56 Å². The zero-order valence-corrected chi connectivity index (χ0v) is 17.8. The van der Waals surface area contributed by atoms with Crippen molar-refractivity contribution in [1.82, 2.24) is 5.43 Å². The van der Waals surface area contributed by atoms with Gasteiger partial charge in [-0.15, -0.1) is 0 Å². The normalized spacial score (nSPS) is 10.8. The fraction of sp³-hybridized carbons (Fsp3) is 0.364. The number of ether oxygens (including phenoxy) is 3. The van der Waals surface area contributed by atoms with Crippen LogP contribution in [0.15, 0.2) is 41.5 Å². The standard InChI is InChI=1S/C22H27ClN2O4/c1-4-11-28-18-9-7-17(8-10-18)22(26)25-24-15-16-13-19(23)21(29-12-5-2)20(14-16)27-6-3/h7-10,13-15H,4-6,11-12H2,1-3H3,(H,25,26)/b24-15-. The number of hydrazone groups is 1. The highest BCUT2D eigenvalue weighted by Crippen LogP contribution is 2.36. The number of amides is 1. The van der Waals surface area contributed by atoms with E-state index >= 15 is 0 Å². The van der Waals surface area contributed by atoms with E-state index in [9.17, 15) is 4.79 Å². The first-order valence-corrected chi connectivity index (χ1v) is 10.1. The van der Waals surface area contributed by atoms with E-state index in [4.69, 9.17) is 25.8 Å². The van der Waals surface area contributed by atoms with Crippen LogP contribution in [0.25, 0.3) is 0 Å². The smallest absolute Gasteiger partial charge is 0.271 e. The van der Waals surface area contributed by atoms with Crippen molar-refractivity contribution in [2.75, 3.05) is 19.8 Å². The number of benzene rings is 2. The Morgan fingerprint density at radius 3 is 2.38 bits per heavy atom. The monoisotopic (exact) mass is 418 g/mol. The van der Waals surface area contributed by atoms with Gasteiger partial charge in [0.15, 0.2) is 11.5 Å². The fourth-order valence-electron chi connectivity index (χ4n) is 2.42. The predicted octanol–water partition coefficient (Wildman–Crippen LogP) is 5.08. The molecular formula is C22H27ClN2O4. The Morgan fingerprint density at radius 2 is 1.72 bits per heavy atom. The van der Waals surface area contributed by atoms with Gasteiger partial charge in [0.25, 0.3) is 5.91 Å². The van der Waals surface area contributed by atoms with Crippen LogP contribution in [-0.2, 0) is 0 Å². The minimum atomic E-state index is -0.317. The van der Waals surface area contributed by atoms with E-state index < -0.39 is 0 Å². The number of halogens is 1. The lowest BCUT2D eigenvalue weighted by atomic mass is 10.2. The molecule has 1 amide bonds. The molecule has 0 aromatic heterocycles. The molecule has 0 heterocycles. The Kier molecular flexibility index (Phi) is 9.31. The predicted molar refractivity (Wildman–Crippen MR) is 116 cm³/mol. The Morgan fingerprint density at radius 1 is 1.03 bits per heavy atom. The van der Waals surface area contributed by atoms with Crippen molar-refractivity contribution >= 4 is 23.7 Å². The van der Waals surface area contributed by atoms with Crippen molar-refractivity contribution in [2.45, 2.75) is 33.6 Å². The first kappa shape index (κ1) is 22.6. The molecule has 7 heteroatoms. The lowest BCUT2D eigenvalue weighted by Gasteiger charge is -2.13. The minimum absolute atomic E-state index is 0.317. The molecule has 0 aliphatic rings. The van der Waals surface area contributed by atoms with E-state index in [1.54, 1.807) is 36.4 Å². The van der Waals surface area contributed by atoms with E-state index in [1.807, 2.05) is 20.8 Å². The number of carbonyl (C=O) groups excluding carboxylic acids is 1. The number of hydrogen-bond donors (Lipinski definition) is 1. The molecule has 6 nitrogen and oxygen atoms in total. The number of carbonyl (C=O) groups is 1. The Labute approximate surface area is 176 Å². The lowest BCUT2D eigenvalue weighted by Crippen LogP contribution is -2.17. The highest BCUT2D eigenvalue weighted by atomic mass is 35.5. The minimum Gasteiger partial charge on any atom is -0.494 e. The summed E-state index contributed by atoms with van der Waals surface area (Å²) in [7, 11) is 0. The van der Waals surface area contributed by atoms with E-state index in [1.165, 1.54) is 6.21 Å². The zero-order chi connectivity index (χ0) is 21.1. The zero-order valence-electron chi connectivity index (χ0n) is 17.0. The maximum atomic E-state index is 12.2. The second-order valence-electron chi connectivity index (χ2n) is 6.18. The molecule has 29 heavy (non-hydrogen) atoms. The van der Waals surface area contributed by atoms with E-state index in [0.717, 1.165) is 18.6 Å². The number of hydrogen-bond acceptors (Lipinski definition) is 5. The molecule has 0 aliphatic carbocycles. The molecule has 2 aromatic rings. The van der Waals surface area contributed by atoms with Crippen LogP contribution in [0.4, 0.5) is 0 Å². The first-order valence-electron chi connectivity index (χ1n) is 9.74. The summed E-state index contributed by atoms with van der Waals surface area (Å²) < 4.78 is 16.8. The summed E-state index contributed by atoms with van der Waals surface area (Å²) in [5.74, 6) is 1.48. The van der Waals surface area contributed by atoms with Gasteiger partial charge in [0.1, 0.15) is 5.75 Å². The van der Waals surface area contributed by atoms with Crippen molar-refractivity contribution in [3.05, 3.63) is 52.5 Å². The first-order chi connectivity index (χ1) is 14.1. The topological polar surface area (TPSA) is 69.2 Å². The molecule has 2 rings (SSSR count). The number of nitrogens with zero attached hydrogens (tertiary/aromatic N) is 1. The third kappa shape index (κ3) is 6.98. The average Bonchev–Trinajstić information content (AvgIpc) is 2.72. The summed E-state index contributed by atoms with van der Waals surface area (Å²) in [5.41, 5.74) is 3.68. The van der Waals surface area contributed by atoms with Crippen LogP contribution in [0, 0.1) is 0 Å². The van der Waals surface area contributed by atoms with Gasteiger partial charge in [-0.25, -0.2) is 5.43 Å². The quantitative estimate of drug-likeness (QED) is 0.408. The molecule has 1 N–H and O–H groups in total. The lowest BCUT2D eigenvalue weighted by molar-refractivity contribution is 0.0955. The maximum absolute atomic E-state index is 12.2. The van der Waals surface area contributed by atoms with E-state index in [0.29, 0.717) is 47.5 Å². The van der Waals surface area contributed by atoms with Crippen LogP contribution in [0.1, 0.15) is 49.5 Å². The molecule has 0 saturated carbocycles. The summed E-state index contributed by atoms with van der Waals surface area (Å²) in [6.07, 6.45) is 3.30. The second-order valence-corrected chi connectivity index (χ2v) is 6.59. The van der Waals surface area contributed by atoms with Gasteiger partial charge in [0.05, 0.1) is 31.1 Å². The molecule has 0 fully saturated rings. The third-order valence-electron chi connectivity index (χ3n) is 3.75. The van der Waals surface area contributed by atoms with Crippen molar-refractivity contribution in [3.63, 3.8) is 0 Å². The summed E-state index contributed by atoms with van der Waals surface area (Å²) in [6.45, 7) is 7.61. The van der Waals surface area contributed by atoms with Gasteiger partial charge in [-0.2, -0.15) is 5.10 Å². The van der Waals surface area contributed by atoms with Crippen molar-refractivity contribution in [3.8, 4) is 17.2 Å². The van der Waals surface area contributed by atoms with Crippen LogP contribution < -0.4 is 19.6 Å². The average molecular weight is 419 g/mol. The summed E-state index contributed by atoms with van der Waals surface area (Å²) >= 11 is 6.33. The molecular weight excluding hydrogens is 392 g/mol. The van der Waals surface area contributed by atoms with Crippen LogP contribution >= 0.6 is 11.6 Å². The van der Waals surface area contributed by atoms with Crippen LogP contribution in [0.3, 0.4) is 0 Å². The number of nitrogens with one attached hydrogen (secondary N) is 1. The van der Waals surface area contributed by atoms with Crippen molar-refractivity contribution < 1.29 is 19.0 Å².